The van der Waals surface area contributed by atoms with Gasteiger partial charge in [0.05, 0.1) is 6.10 Å². The van der Waals surface area contributed by atoms with Crippen LogP contribution in [0.25, 0.3) is 0 Å². The Morgan fingerprint density at radius 3 is 2.25 bits per heavy atom. The van der Waals surface area contributed by atoms with Crippen LogP contribution in [0, 0.1) is 5.92 Å². The van der Waals surface area contributed by atoms with Crippen LogP contribution >= 0.6 is 0 Å². The highest BCUT2D eigenvalue weighted by molar-refractivity contribution is 4.86. The first-order valence-corrected chi connectivity index (χ1v) is 5.25. The SMILES string of the molecule is NC(C1CCCCC1)C1CCO1. The van der Waals surface area contributed by atoms with Crippen molar-refractivity contribution in [1.29, 1.82) is 0 Å². The normalized spacial score (nSPS) is 34.2. The summed E-state index contributed by atoms with van der Waals surface area (Å²) >= 11 is 0. The maximum atomic E-state index is 6.13. The van der Waals surface area contributed by atoms with Crippen molar-refractivity contribution >= 4 is 0 Å². The largest absolute Gasteiger partial charge is 0.376 e. The van der Waals surface area contributed by atoms with Crippen LogP contribution in [0.4, 0.5) is 0 Å². The van der Waals surface area contributed by atoms with Crippen LogP contribution in [0.1, 0.15) is 38.5 Å². The molecular weight excluding hydrogens is 150 g/mol. The molecule has 0 amide bonds. The van der Waals surface area contributed by atoms with Gasteiger partial charge in [0.15, 0.2) is 0 Å². The molecule has 0 spiro atoms. The predicted octanol–water partition coefficient (Wildman–Crippen LogP) is 1.68. The fraction of sp³-hybridized carbons (Fsp3) is 1.00. The Morgan fingerprint density at radius 2 is 1.75 bits per heavy atom. The molecule has 2 nitrogen and oxygen atoms in total. The maximum Gasteiger partial charge on any atom is 0.0750 e. The molecule has 1 saturated heterocycles. The van der Waals surface area contributed by atoms with E-state index in [0.29, 0.717) is 12.1 Å². The fourth-order valence-corrected chi connectivity index (χ4v) is 2.38. The van der Waals surface area contributed by atoms with Crippen molar-refractivity contribution in [2.75, 3.05) is 6.61 Å². The smallest absolute Gasteiger partial charge is 0.0750 e. The average Bonchev–Trinajstić information content (AvgIpc) is 2.03. The lowest BCUT2D eigenvalue weighted by molar-refractivity contribution is -0.0769. The molecule has 2 N–H and O–H groups in total. The monoisotopic (exact) mass is 169 g/mol. The molecule has 0 radical (unpaired) electrons. The summed E-state index contributed by atoms with van der Waals surface area (Å²) in [6.45, 7) is 0.936. The van der Waals surface area contributed by atoms with Gasteiger partial charge in [-0.15, -0.1) is 0 Å². The van der Waals surface area contributed by atoms with Crippen molar-refractivity contribution in [1.82, 2.24) is 0 Å². The predicted molar refractivity (Wildman–Crippen MR) is 48.9 cm³/mol. The number of hydrogen-bond donors (Lipinski definition) is 1. The standard InChI is InChI=1S/C10H19NO/c11-10(9-6-7-12-9)8-4-2-1-3-5-8/h8-10H,1-7,11H2. The summed E-state index contributed by atoms with van der Waals surface area (Å²) in [6, 6.07) is 0.332. The van der Waals surface area contributed by atoms with Gasteiger partial charge in [0.2, 0.25) is 0 Å². The van der Waals surface area contributed by atoms with Crippen molar-refractivity contribution in [3.63, 3.8) is 0 Å². The minimum Gasteiger partial charge on any atom is -0.376 e. The molecule has 0 bridgehead atoms. The van der Waals surface area contributed by atoms with Gasteiger partial charge < -0.3 is 10.5 Å². The van der Waals surface area contributed by atoms with Crippen LogP contribution in [0.3, 0.4) is 0 Å². The van der Waals surface area contributed by atoms with Crippen LogP contribution < -0.4 is 5.73 Å². The van der Waals surface area contributed by atoms with E-state index in [1.807, 2.05) is 0 Å². The highest BCUT2D eigenvalue weighted by atomic mass is 16.5. The van der Waals surface area contributed by atoms with E-state index in [2.05, 4.69) is 0 Å². The lowest BCUT2D eigenvalue weighted by Gasteiger charge is -2.37. The van der Waals surface area contributed by atoms with Crippen LogP contribution in [-0.2, 0) is 4.74 Å². The van der Waals surface area contributed by atoms with Gasteiger partial charge in [0.25, 0.3) is 0 Å². The first kappa shape index (κ1) is 8.52. The summed E-state index contributed by atoms with van der Waals surface area (Å²) in [5, 5.41) is 0. The first-order chi connectivity index (χ1) is 5.88. The molecule has 0 aromatic heterocycles. The van der Waals surface area contributed by atoms with E-state index >= 15 is 0 Å². The molecule has 0 aromatic carbocycles. The van der Waals surface area contributed by atoms with E-state index in [1.54, 1.807) is 0 Å². The van der Waals surface area contributed by atoms with Gasteiger partial charge in [-0.25, -0.2) is 0 Å². The second-order valence-corrected chi connectivity index (χ2v) is 4.17. The Balaban J connectivity index is 1.80. The molecule has 1 heterocycles. The lowest BCUT2D eigenvalue weighted by Crippen LogP contribution is -2.48. The van der Waals surface area contributed by atoms with Crippen molar-refractivity contribution in [2.24, 2.45) is 11.7 Å². The number of rotatable bonds is 2. The molecule has 1 aliphatic carbocycles. The molecule has 0 aromatic rings. The zero-order chi connectivity index (χ0) is 8.39. The van der Waals surface area contributed by atoms with E-state index in [-0.39, 0.29) is 0 Å². The third kappa shape index (κ3) is 1.64. The van der Waals surface area contributed by atoms with Crippen molar-refractivity contribution in [3.8, 4) is 0 Å². The van der Waals surface area contributed by atoms with Crippen LogP contribution in [0.2, 0.25) is 0 Å². The van der Waals surface area contributed by atoms with E-state index in [4.69, 9.17) is 10.5 Å². The van der Waals surface area contributed by atoms with Gasteiger partial charge in [-0.05, 0) is 25.2 Å². The highest BCUT2D eigenvalue weighted by Gasteiger charge is 2.31. The summed E-state index contributed by atoms with van der Waals surface area (Å²) in [5.41, 5.74) is 6.13. The average molecular weight is 169 g/mol. The minimum atomic E-state index is 0.332. The van der Waals surface area contributed by atoms with Crippen molar-refractivity contribution < 1.29 is 4.74 Å². The Bertz CT molecular complexity index is 139. The van der Waals surface area contributed by atoms with Crippen LogP contribution in [0.5, 0.6) is 0 Å². The van der Waals surface area contributed by atoms with Crippen LogP contribution in [0.15, 0.2) is 0 Å². The van der Waals surface area contributed by atoms with E-state index in [1.165, 1.54) is 38.5 Å². The summed E-state index contributed by atoms with van der Waals surface area (Å²) in [6.07, 6.45) is 8.43. The Labute approximate surface area is 74.5 Å². The quantitative estimate of drug-likeness (QED) is 0.682. The number of ether oxygens (including phenoxy) is 1. The van der Waals surface area contributed by atoms with Gasteiger partial charge in [-0.2, -0.15) is 0 Å². The third-order valence-electron chi connectivity index (χ3n) is 3.36. The second kappa shape index (κ2) is 3.75. The van der Waals surface area contributed by atoms with E-state index in [0.717, 1.165) is 12.5 Å². The molecule has 2 heteroatoms. The molecule has 12 heavy (non-hydrogen) atoms. The Hall–Kier alpha value is -0.0800. The molecule has 2 atom stereocenters. The highest BCUT2D eigenvalue weighted by Crippen LogP contribution is 2.30. The maximum absolute atomic E-state index is 6.13. The topological polar surface area (TPSA) is 35.2 Å². The number of nitrogens with two attached hydrogens (primary N) is 1. The minimum absolute atomic E-state index is 0.332. The van der Waals surface area contributed by atoms with E-state index in [9.17, 15) is 0 Å². The number of hydrogen-bond acceptors (Lipinski definition) is 2. The summed E-state index contributed by atoms with van der Waals surface area (Å²) < 4.78 is 5.42. The zero-order valence-electron chi connectivity index (χ0n) is 7.67. The first-order valence-electron chi connectivity index (χ1n) is 5.25. The van der Waals surface area contributed by atoms with Crippen LogP contribution in [-0.4, -0.2) is 18.8 Å². The van der Waals surface area contributed by atoms with E-state index < -0.39 is 0 Å². The Kier molecular flexibility index (Phi) is 2.66. The third-order valence-corrected chi connectivity index (χ3v) is 3.36. The fourth-order valence-electron chi connectivity index (χ4n) is 2.38. The van der Waals surface area contributed by atoms with Gasteiger partial charge in [-0.1, -0.05) is 19.3 Å². The molecule has 2 unspecified atom stereocenters. The molecule has 2 rings (SSSR count). The van der Waals surface area contributed by atoms with Gasteiger partial charge in [-0.3, -0.25) is 0 Å². The summed E-state index contributed by atoms with van der Waals surface area (Å²) in [7, 11) is 0. The molecule has 2 aliphatic rings. The Morgan fingerprint density at radius 1 is 1.08 bits per heavy atom. The molecule has 1 aliphatic heterocycles. The zero-order valence-corrected chi connectivity index (χ0v) is 7.67. The molecule has 70 valence electrons. The summed E-state index contributed by atoms with van der Waals surface area (Å²) in [5.74, 6) is 0.754. The van der Waals surface area contributed by atoms with Gasteiger partial charge >= 0.3 is 0 Å². The lowest BCUT2D eigenvalue weighted by atomic mass is 9.81. The molecule has 2 fully saturated rings. The van der Waals surface area contributed by atoms with Gasteiger partial charge in [0.1, 0.15) is 0 Å². The van der Waals surface area contributed by atoms with Gasteiger partial charge in [0, 0.05) is 12.6 Å². The van der Waals surface area contributed by atoms with Crippen molar-refractivity contribution in [2.45, 2.75) is 50.7 Å². The second-order valence-electron chi connectivity index (χ2n) is 4.17. The summed E-state index contributed by atoms with van der Waals surface area (Å²) in [4.78, 5) is 0. The van der Waals surface area contributed by atoms with Crippen molar-refractivity contribution in [3.05, 3.63) is 0 Å². The molecular formula is C10H19NO. The molecule has 1 saturated carbocycles.